The van der Waals surface area contributed by atoms with E-state index in [9.17, 15) is 13.2 Å². The van der Waals surface area contributed by atoms with E-state index in [0.717, 1.165) is 23.6 Å². The highest BCUT2D eigenvalue weighted by molar-refractivity contribution is 7.89. The smallest absolute Gasteiger partial charge is 0.241 e. The highest BCUT2D eigenvalue weighted by atomic mass is 32.2. The van der Waals surface area contributed by atoms with E-state index in [-0.39, 0.29) is 22.8 Å². The van der Waals surface area contributed by atoms with E-state index < -0.39 is 16.1 Å². The van der Waals surface area contributed by atoms with Crippen molar-refractivity contribution in [2.75, 3.05) is 0 Å². The molecule has 0 saturated carbocycles. The molecule has 0 bridgehead atoms. The summed E-state index contributed by atoms with van der Waals surface area (Å²) in [5.41, 5.74) is 0. The summed E-state index contributed by atoms with van der Waals surface area (Å²) in [4.78, 5) is 12.7. The minimum absolute atomic E-state index is 0.0129. The van der Waals surface area contributed by atoms with Gasteiger partial charge in [0.1, 0.15) is 6.04 Å². The van der Waals surface area contributed by atoms with Gasteiger partial charge in [-0.2, -0.15) is 4.72 Å². The second-order valence-corrected chi connectivity index (χ2v) is 8.76. The van der Waals surface area contributed by atoms with Gasteiger partial charge < -0.3 is 5.32 Å². The van der Waals surface area contributed by atoms with Crippen LogP contribution in [0.4, 0.5) is 0 Å². The van der Waals surface area contributed by atoms with Crippen molar-refractivity contribution in [1.82, 2.24) is 10.0 Å². The average Bonchev–Trinajstić information content (AvgIpc) is 2.59. The lowest BCUT2D eigenvalue weighted by Gasteiger charge is -2.24. The Kier molecular flexibility index (Phi) is 6.78. The predicted octanol–water partition coefficient (Wildman–Crippen LogP) is 3.45. The summed E-state index contributed by atoms with van der Waals surface area (Å²) in [5.74, 6) is -0.454. The van der Waals surface area contributed by atoms with Crippen molar-refractivity contribution in [2.24, 2.45) is 5.92 Å². The summed E-state index contributed by atoms with van der Waals surface area (Å²) < 4.78 is 28.2. The van der Waals surface area contributed by atoms with Crippen LogP contribution in [0.3, 0.4) is 0 Å². The Labute approximate surface area is 156 Å². The Balaban J connectivity index is 2.23. The summed E-state index contributed by atoms with van der Waals surface area (Å²) >= 11 is 0. The largest absolute Gasteiger partial charge is 0.352 e. The van der Waals surface area contributed by atoms with Crippen molar-refractivity contribution in [3.05, 3.63) is 42.5 Å². The Bertz CT molecular complexity index is 862. The van der Waals surface area contributed by atoms with Crippen LogP contribution in [0.25, 0.3) is 10.8 Å². The summed E-state index contributed by atoms with van der Waals surface area (Å²) in [6, 6.07) is 11.7. The summed E-state index contributed by atoms with van der Waals surface area (Å²) in [5, 5.41) is 4.72. The molecule has 2 N–H and O–H groups in total. The number of fused-ring (bicyclic) bond motifs is 1. The molecule has 142 valence electrons. The molecule has 1 amide bonds. The van der Waals surface area contributed by atoms with E-state index in [1.807, 2.05) is 52.0 Å². The second-order valence-electron chi connectivity index (χ2n) is 7.05. The van der Waals surface area contributed by atoms with Crippen LogP contribution < -0.4 is 10.0 Å². The first kappa shape index (κ1) is 20.4. The van der Waals surface area contributed by atoms with Crippen molar-refractivity contribution >= 4 is 26.7 Å². The molecule has 0 aliphatic carbocycles. The van der Waals surface area contributed by atoms with Crippen LogP contribution in [0.5, 0.6) is 0 Å². The van der Waals surface area contributed by atoms with E-state index in [4.69, 9.17) is 0 Å². The lowest BCUT2D eigenvalue weighted by atomic mass is 10.0. The normalized spacial score (nSPS) is 14.3. The van der Waals surface area contributed by atoms with Crippen LogP contribution in [0.2, 0.25) is 0 Å². The van der Waals surface area contributed by atoms with Gasteiger partial charge in [0.25, 0.3) is 0 Å². The monoisotopic (exact) mass is 376 g/mol. The van der Waals surface area contributed by atoms with Gasteiger partial charge >= 0.3 is 0 Å². The molecule has 6 heteroatoms. The van der Waals surface area contributed by atoms with E-state index in [1.54, 1.807) is 18.2 Å². The lowest BCUT2D eigenvalue weighted by Crippen LogP contribution is -2.51. The molecule has 2 rings (SSSR count). The van der Waals surface area contributed by atoms with Crippen LogP contribution in [0.15, 0.2) is 47.4 Å². The second kappa shape index (κ2) is 8.64. The Morgan fingerprint density at radius 3 is 2.31 bits per heavy atom. The summed E-state index contributed by atoms with van der Waals surface area (Å²) in [6.45, 7) is 7.64. The van der Waals surface area contributed by atoms with Crippen molar-refractivity contribution in [1.29, 1.82) is 0 Å². The quantitative estimate of drug-likeness (QED) is 0.741. The number of nitrogens with one attached hydrogen (secondary N) is 2. The molecule has 0 spiro atoms. The molecule has 0 aliphatic rings. The Morgan fingerprint density at radius 2 is 1.69 bits per heavy atom. The number of benzene rings is 2. The highest BCUT2D eigenvalue weighted by Crippen LogP contribution is 2.20. The molecule has 26 heavy (non-hydrogen) atoms. The minimum Gasteiger partial charge on any atom is -0.352 e. The summed E-state index contributed by atoms with van der Waals surface area (Å²) in [7, 11) is -3.80. The third-order valence-corrected chi connectivity index (χ3v) is 5.81. The average molecular weight is 377 g/mol. The summed E-state index contributed by atoms with van der Waals surface area (Å²) in [6.07, 6.45) is 1.81. The zero-order valence-corrected chi connectivity index (χ0v) is 16.6. The third-order valence-electron chi connectivity index (χ3n) is 4.37. The van der Waals surface area contributed by atoms with Gasteiger partial charge in [0, 0.05) is 6.04 Å². The fraction of sp³-hybridized carbons (Fsp3) is 0.450. The van der Waals surface area contributed by atoms with E-state index in [0.29, 0.717) is 0 Å². The van der Waals surface area contributed by atoms with Crippen LogP contribution in [-0.4, -0.2) is 26.4 Å². The van der Waals surface area contributed by atoms with E-state index in [1.165, 1.54) is 0 Å². The van der Waals surface area contributed by atoms with Crippen molar-refractivity contribution in [3.8, 4) is 0 Å². The van der Waals surface area contributed by atoms with Gasteiger partial charge in [-0.25, -0.2) is 8.42 Å². The van der Waals surface area contributed by atoms with Crippen LogP contribution in [0.1, 0.15) is 40.5 Å². The number of hydrogen-bond acceptors (Lipinski definition) is 3. The molecule has 2 aromatic rings. The topological polar surface area (TPSA) is 75.3 Å². The van der Waals surface area contributed by atoms with Crippen LogP contribution >= 0.6 is 0 Å². The molecule has 0 saturated heterocycles. The predicted molar refractivity (Wildman–Crippen MR) is 105 cm³/mol. The number of rotatable bonds is 8. The molecule has 5 nitrogen and oxygen atoms in total. The fourth-order valence-corrected chi connectivity index (χ4v) is 4.28. The SMILES string of the molecule is CCCC(C)NC(=O)C(NS(=O)(=O)c1ccc2ccccc2c1)C(C)C. The first-order valence-electron chi connectivity index (χ1n) is 9.06. The molecular weight excluding hydrogens is 348 g/mol. The fourth-order valence-electron chi connectivity index (χ4n) is 2.90. The van der Waals surface area contributed by atoms with Crippen molar-refractivity contribution in [2.45, 2.75) is 57.5 Å². The maximum absolute atomic E-state index is 12.8. The molecule has 2 atom stereocenters. The maximum atomic E-state index is 12.8. The van der Waals surface area contributed by atoms with Gasteiger partial charge in [0.2, 0.25) is 15.9 Å². The number of amides is 1. The van der Waals surface area contributed by atoms with E-state index >= 15 is 0 Å². The van der Waals surface area contributed by atoms with Gasteiger partial charge in [-0.15, -0.1) is 0 Å². The Hall–Kier alpha value is -1.92. The molecule has 0 aromatic heterocycles. The van der Waals surface area contributed by atoms with Gasteiger partial charge in [0.05, 0.1) is 4.90 Å². The first-order chi connectivity index (χ1) is 12.2. The highest BCUT2D eigenvalue weighted by Gasteiger charge is 2.29. The number of carbonyl (C=O) groups excluding carboxylic acids is 1. The maximum Gasteiger partial charge on any atom is 0.241 e. The molecular formula is C20H28N2O3S. The molecule has 0 fully saturated rings. The van der Waals surface area contributed by atoms with Gasteiger partial charge in [0.15, 0.2) is 0 Å². The van der Waals surface area contributed by atoms with Gasteiger partial charge in [-0.05, 0) is 42.2 Å². The minimum atomic E-state index is -3.80. The number of hydrogen-bond donors (Lipinski definition) is 2. The van der Waals surface area contributed by atoms with Gasteiger partial charge in [-0.1, -0.05) is 57.5 Å². The molecule has 2 aromatic carbocycles. The first-order valence-corrected chi connectivity index (χ1v) is 10.5. The zero-order chi connectivity index (χ0) is 19.3. The third kappa shape index (κ3) is 5.05. The Morgan fingerprint density at radius 1 is 1.04 bits per heavy atom. The number of sulfonamides is 1. The molecule has 2 unspecified atom stereocenters. The molecule has 0 radical (unpaired) electrons. The van der Waals surface area contributed by atoms with Crippen molar-refractivity contribution in [3.63, 3.8) is 0 Å². The van der Waals surface area contributed by atoms with Crippen molar-refractivity contribution < 1.29 is 13.2 Å². The van der Waals surface area contributed by atoms with E-state index in [2.05, 4.69) is 10.0 Å². The molecule has 0 heterocycles. The van der Waals surface area contributed by atoms with Crippen LogP contribution in [0, 0.1) is 5.92 Å². The zero-order valence-electron chi connectivity index (χ0n) is 15.8. The molecule has 0 aliphatic heterocycles. The van der Waals surface area contributed by atoms with Gasteiger partial charge in [-0.3, -0.25) is 4.79 Å². The standard InChI is InChI=1S/C20H28N2O3S/c1-5-8-15(4)21-20(23)19(14(2)3)22-26(24,25)18-12-11-16-9-6-7-10-17(16)13-18/h6-7,9-15,19,22H,5,8H2,1-4H3,(H,21,23). The lowest BCUT2D eigenvalue weighted by molar-refractivity contribution is -0.124. The van der Waals surface area contributed by atoms with Crippen LogP contribution in [-0.2, 0) is 14.8 Å². The number of carbonyl (C=O) groups is 1.